The van der Waals surface area contributed by atoms with Crippen LogP contribution in [-0.2, 0) is 26.2 Å². The summed E-state index contributed by atoms with van der Waals surface area (Å²) in [7, 11) is -3.99. The van der Waals surface area contributed by atoms with Crippen LogP contribution < -0.4 is 9.62 Å². The second-order valence-corrected chi connectivity index (χ2v) is 9.47. The van der Waals surface area contributed by atoms with Crippen molar-refractivity contribution in [2.24, 2.45) is 0 Å². The Morgan fingerprint density at radius 2 is 1.72 bits per heavy atom. The fourth-order valence-electron chi connectivity index (χ4n) is 3.27. The van der Waals surface area contributed by atoms with E-state index < -0.39 is 34.3 Å². The highest BCUT2D eigenvalue weighted by atomic mass is 35.5. The van der Waals surface area contributed by atoms with Crippen LogP contribution in [0.3, 0.4) is 0 Å². The van der Waals surface area contributed by atoms with Crippen LogP contribution in [0.4, 0.5) is 10.1 Å². The minimum Gasteiger partial charge on any atom is -0.355 e. The Kier molecular flexibility index (Phi) is 9.03. The number of sulfonamides is 1. The van der Waals surface area contributed by atoms with E-state index in [2.05, 4.69) is 5.32 Å². The number of nitrogens with zero attached hydrogens (tertiary/aromatic N) is 2. The van der Waals surface area contributed by atoms with Gasteiger partial charge in [-0.3, -0.25) is 13.9 Å². The van der Waals surface area contributed by atoms with Gasteiger partial charge in [-0.15, -0.1) is 0 Å². The molecule has 7 nitrogen and oxygen atoms in total. The van der Waals surface area contributed by atoms with Crippen molar-refractivity contribution in [3.05, 3.63) is 64.9 Å². The quantitative estimate of drug-likeness (QED) is 0.562. The first-order valence-corrected chi connectivity index (χ1v) is 12.4. The molecule has 0 radical (unpaired) electrons. The van der Waals surface area contributed by atoms with Gasteiger partial charge in [-0.05, 0) is 37.1 Å². The Bertz CT molecular complexity index is 1060. The van der Waals surface area contributed by atoms with Crippen molar-refractivity contribution in [1.29, 1.82) is 0 Å². The van der Waals surface area contributed by atoms with E-state index in [-0.39, 0.29) is 18.1 Å². The second kappa shape index (κ2) is 11.3. The zero-order valence-corrected chi connectivity index (χ0v) is 19.8. The minimum absolute atomic E-state index is 0.0109. The molecule has 0 unspecified atom stereocenters. The Hall–Kier alpha value is -2.65. The summed E-state index contributed by atoms with van der Waals surface area (Å²) in [4.78, 5) is 27.3. The number of rotatable bonds is 10. The van der Waals surface area contributed by atoms with Crippen molar-refractivity contribution in [3.63, 3.8) is 0 Å². The number of halogens is 2. The summed E-state index contributed by atoms with van der Waals surface area (Å²) in [5, 5.41) is 3.11. The summed E-state index contributed by atoms with van der Waals surface area (Å²) >= 11 is 6.26. The van der Waals surface area contributed by atoms with Gasteiger partial charge in [-0.1, -0.05) is 48.9 Å². The Labute approximate surface area is 193 Å². The van der Waals surface area contributed by atoms with Crippen LogP contribution >= 0.6 is 11.6 Å². The van der Waals surface area contributed by atoms with Gasteiger partial charge in [0.25, 0.3) is 0 Å². The molecule has 0 aromatic heterocycles. The van der Waals surface area contributed by atoms with Gasteiger partial charge >= 0.3 is 0 Å². The van der Waals surface area contributed by atoms with E-state index in [9.17, 15) is 22.4 Å². The molecular formula is C22H27ClFN3O4S. The van der Waals surface area contributed by atoms with Crippen molar-refractivity contribution >= 4 is 39.1 Å². The van der Waals surface area contributed by atoms with Crippen molar-refractivity contribution in [3.8, 4) is 0 Å². The molecule has 0 fully saturated rings. The van der Waals surface area contributed by atoms with Gasteiger partial charge in [0.1, 0.15) is 18.4 Å². The molecule has 2 aromatic rings. The van der Waals surface area contributed by atoms with Crippen molar-refractivity contribution in [2.75, 3.05) is 23.7 Å². The number of hydrogen-bond donors (Lipinski definition) is 1. The molecule has 32 heavy (non-hydrogen) atoms. The molecule has 0 heterocycles. The predicted molar refractivity (Wildman–Crippen MR) is 123 cm³/mol. The lowest BCUT2D eigenvalue weighted by Crippen LogP contribution is -2.52. The Balaban J connectivity index is 2.46. The van der Waals surface area contributed by atoms with E-state index in [1.165, 1.54) is 23.1 Å². The van der Waals surface area contributed by atoms with Gasteiger partial charge in [0, 0.05) is 18.1 Å². The van der Waals surface area contributed by atoms with Gasteiger partial charge < -0.3 is 10.2 Å². The average molecular weight is 484 g/mol. The van der Waals surface area contributed by atoms with Crippen LogP contribution in [0.2, 0.25) is 5.02 Å². The molecule has 2 rings (SSSR count). The molecule has 0 saturated heterocycles. The van der Waals surface area contributed by atoms with E-state index in [1.54, 1.807) is 38.1 Å². The van der Waals surface area contributed by atoms with Crippen LogP contribution in [0, 0.1) is 5.82 Å². The summed E-state index contributed by atoms with van der Waals surface area (Å²) in [6.07, 6.45) is 1.19. The normalized spacial score (nSPS) is 12.2. The molecule has 0 bridgehead atoms. The summed E-state index contributed by atoms with van der Waals surface area (Å²) in [6.45, 7) is 3.20. The number of likely N-dealkylation sites (N-methyl/N-ethyl adjacent to an activating group) is 1. The number of hydrogen-bond acceptors (Lipinski definition) is 4. The zero-order valence-electron chi connectivity index (χ0n) is 18.2. The Morgan fingerprint density at radius 3 is 2.28 bits per heavy atom. The first kappa shape index (κ1) is 25.6. The fourth-order valence-corrected chi connectivity index (χ4v) is 4.32. The predicted octanol–water partition coefficient (Wildman–Crippen LogP) is 3.19. The molecule has 0 spiro atoms. The number of nitrogens with one attached hydrogen (secondary N) is 1. The van der Waals surface area contributed by atoms with Crippen molar-refractivity contribution in [1.82, 2.24) is 10.2 Å². The van der Waals surface area contributed by atoms with Gasteiger partial charge in [-0.25, -0.2) is 12.8 Å². The van der Waals surface area contributed by atoms with E-state index >= 15 is 0 Å². The molecule has 0 saturated carbocycles. The molecule has 1 atom stereocenters. The lowest BCUT2D eigenvalue weighted by Gasteiger charge is -2.33. The summed E-state index contributed by atoms with van der Waals surface area (Å²) in [5.41, 5.74) is 0.356. The molecular weight excluding hydrogens is 457 g/mol. The molecule has 1 N–H and O–H groups in total. The number of para-hydroxylation sites is 1. The van der Waals surface area contributed by atoms with Crippen LogP contribution in [0.1, 0.15) is 25.8 Å². The molecule has 0 aliphatic rings. The fraction of sp³-hybridized carbons (Fsp3) is 0.364. The molecule has 0 aliphatic carbocycles. The second-order valence-electron chi connectivity index (χ2n) is 7.15. The highest BCUT2D eigenvalue weighted by molar-refractivity contribution is 7.92. The maximum Gasteiger partial charge on any atom is 0.244 e. The third-order valence-electron chi connectivity index (χ3n) is 4.84. The number of carbonyl (C=O) groups is 2. The van der Waals surface area contributed by atoms with Crippen molar-refractivity contribution < 1.29 is 22.4 Å². The van der Waals surface area contributed by atoms with Crippen LogP contribution in [0.5, 0.6) is 0 Å². The average Bonchev–Trinajstić information content (AvgIpc) is 2.73. The third-order valence-corrected chi connectivity index (χ3v) is 6.33. The van der Waals surface area contributed by atoms with Crippen LogP contribution in [-0.4, -0.2) is 50.5 Å². The number of anilines is 1. The topological polar surface area (TPSA) is 86.8 Å². The SMILES string of the molecule is CCNC(=O)[C@H](CC)N(Cc1ccccc1Cl)C(=O)CN(c1ccccc1F)S(C)(=O)=O. The van der Waals surface area contributed by atoms with E-state index in [0.29, 0.717) is 27.9 Å². The molecule has 2 aromatic carbocycles. The smallest absolute Gasteiger partial charge is 0.244 e. The van der Waals surface area contributed by atoms with Crippen LogP contribution in [0.25, 0.3) is 0 Å². The van der Waals surface area contributed by atoms with Gasteiger partial charge in [0.15, 0.2) is 0 Å². The molecule has 10 heteroatoms. The maximum atomic E-state index is 14.4. The number of carbonyl (C=O) groups excluding carboxylic acids is 2. The monoisotopic (exact) mass is 483 g/mol. The highest BCUT2D eigenvalue weighted by Crippen LogP contribution is 2.24. The zero-order chi connectivity index (χ0) is 23.9. The molecule has 0 aliphatic heterocycles. The van der Waals surface area contributed by atoms with Crippen LogP contribution in [0.15, 0.2) is 48.5 Å². The lowest BCUT2D eigenvalue weighted by molar-refractivity contribution is -0.140. The Morgan fingerprint density at radius 1 is 1.09 bits per heavy atom. The highest BCUT2D eigenvalue weighted by Gasteiger charge is 2.32. The molecule has 174 valence electrons. The van der Waals surface area contributed by atoms with Gasteiger partial charge in [0.05, 0.1) is 11.9 Å². The molecule has 2 amide bonds. The summed E-state index contributed by atoms with van der Waals surface area (Å²) in [6, 6.07) is 11.3. The van der Waals surface area contributed by atoms with E-state index in [0.717, 1.165) is 12.3 Å². The maximum absolute atomic E-state index is 14.4. The third kappa shape index (κ3) is 6.43. The first-order valence-electron chi connectivity index (χ1n) is 10.1. The summed E-state index contributed by atoms with van der Waals surface area (Å²) < 4.78 is 39.9. The van der Waals surface area contributed by atoms with Gasteiger partial charge in [0.2, 0.25) is 21.8 Å². The first-order chi connectivity index (χ1) is 15.1. The largest absolute Gasteiger partial charge is 0.355 e. The lowest BCUT2D eigenvalue weighted by atomic mass is 10.1. The van der Waals surface area contributed by atoms with E-state index in [1.807, 2.05) is 0 Å². The van der Waals surface area contributed by atoms with Gasteiger partial charge in [-0.2, -0.15) is 0 Å². The standard InChI is InChI=1S/C22H27ClFN3O4S/c1-4-19(22(29)25-5-2)26(14-16-10-6-7-11-17(16)23)21(28)15-27(32(3,30)31)20-13-9-8-12-18(20)24/h6-13,19H,4-5,14-15H2,1-3H3,(H,25,29)/t19-/m0/s1. The number of benzene rings is 2. The summed E-state index contributed by atoms with van der Waals surface area (Å²) in [5.74, 6) is -1.80. The van der Waals surface area contributed by atoms with Crippen molar-refractivity contribution in [2.45, 2.75) is 32.9 Å². The number of amides is 2. The van der Waals surface area contributed by atoms with E-state index in [4.69, 9.17) is 11.6 Å². The minimum atomic E-state index is -3.99.